The number of ether oxygens (including phenoxy) is 2. The summed E-state index contributed by atoms with van der Waals surface area (Å²) in [5, 5.41) is 11.8. The van der Waals surface area contributed by atoms with E-state index < -0.39 is 5.41 Å². The number of carbonyl (C=O) groups is 1. The minimum Gasteiger partial charge on any atom is -0.496 e. The van der Waals surface area contributed by atoms with Crippen LogP contribution in [0.2, 0.25) is 0 Å². The van der Waals surface area contributed by atoms with Gasteiger partial charge in [0.25, 0.3) is 0 Å². The van der Waals surface area contributed by atoms with Crippen molar-refractivity contribution in [3.8, 4) is 11.8 Å². The van der Waals surface area contributed by atoms with Gasteiger partial charge in [-0.1, -0.05) is 6.07 Å². The van der Waals surface area contributed by atoms with Gasteiger partial charge >= 0.3 is 0 Å². The van der Waals surface area contributed by atoms with Crippen LogP contribution >= 0.6 is 15.9 Å². The zero-order valence-corrected chi connectivity index (χ0v) is 12.7. The van der Waals surface area contributed by atoms with Crippen molar-refractivity contribution in [2.24, 2.45) is 5.41 Å². The molecule has 5 nitrogen and oxygen atoms in total. The highest BCUT2D eigenvalue weighted by Gasteiger charge is 2.46. The summed E-state index contributed by atoms with van der Waals surface area (Å²) in [5.74, 6) is 0.520. The van der Waals surface area contributed by atoms with Crippen molar-refractivity contribution >= 4 is 21.8 Å². The maximum absolute atomic E-state index is 11.9. The maximum Gasteiger partial charge on any atom is 0.245 e. The molecule has 0 atom stereocenters. The first-order valence-corrected chi connectivity index (χ1v) is 7.00. The lowest BCUT2D eigenvalue weighted by Crippen LogP contribution is -2.53. The van der Waals surface area contributed by atoms with E-state index in [4.69, 9.17) is 14.7 Å². The molecular weight excluding hydrogens is 324 g/mol. The van der Waals surface area contributed by atoms with Crippen molar-refractivity contribution in [3.05, 3.63) is 28.2 Å². The van der Waals surface area contributed by atoms with E-state index in [1.165, 1.54) is 0 Å². The highest BCUT2D eigenvalue weighted by molar-refractivity contribution is 9.10. The molecule has 0 aliphatic carbocycles. The molecule has 1 amide bonds. The molecule has 20 heavy (non-hydrogen) atoms. The first-order valence-electron chi connectivity index (χ1n) is 6.21. The Labute approximate surface area is 126 Å². The zero-order chi connectivity index (χ0) is 14.6. The Bertz CT molecular complexity index is 550. The molecule has 0 radical (unpaired) electrons. The van der Waals surface area contributed by atoms with Crippen molar-refractivity contribution in [1.29, 1.82) is 5.26 Å². The Balaban J connectivity index is 1.86. The number of nitriles is 1. The molecule has 1 aliphatic heterocycles. The fourth-order valence-corrected chi connectivity index (χ4v) is 2.50. The summed E-state index contributed by atoms with van der Waals surface area (Å²) in [6, 6.07) is 7.80. The van der Waals surface area contributed by atoms with Crippen LogP contribution in [-0.2, 0) is 16.0 Å². The fraction of sp³-hybridized carbons (Fsp3) is 0.429. The number of benzene rings is 1. The van der Waals surface area contributed by atoms with Crippen LogP contribution in [0.3, 0.4) is 0 Å². The molecule has 1 saturated heterocycles. The Morgan fingerprint density at radius 1 is 1.60 bits per heavy atom. The second kappa shape index (κ2) is 6.25. The van der Waals surface area contributed by atoms with E-state index in [0.717, 1.165) is 15.8 Å². The number of nitrogens with one attached hydrogen (secondary N) is 1. The van der Waals surface area contributed by atoms with Gasteiger partial charge in [-0.05, 0) is 40.0 Å². The van der Waals surface area contributed by atoms with Crippen molar-refractivity contribution in [1.82, 2.24) is 5.32 Å². The monoisotopic (exact) mass is 338 g/mol. The highest BCUT2D eigenvalue weighted by Crippen LogP contribution is 2.27. The lowest BCUT2D eigenvalue weighted by molar-refractivity contribution is -0.149. The third kappa shape index (κ3) is 2.94. The Morgan fingerprint density at radius 2 is 2.35 bits per heavy atom. The molecule has 1 aliphatic rings. The minimum atomic E-state index is -0.986. The fourth-order valence-electron chi connectivity index (χ4n) is 1.91. The van der Waals surface area contributed by atoms with E-state index in [1.54, 1.807) is 7.11 Å². The van der Waals surface area contributed by atoms with Gasteiger partial charge in [-0.25, -0.2) is 0 Å². The number of rotatable bonds is 5. The molecule has 0 aromatic heterocycles. The SMILES string of the molecule is COc1ccc(CCNC(=O)C2(C#N)COC2)cc1Br. The predicted octanol–water partition coefficient (Wildman–Crippen LogP) is 1.66. The lowest BCUT2D eigenvalue weighted by atomic mass is 9.87. The number of amides is 1. The average molecular weight is 339 g/mol. The molecule has 1 N–H and O–H groups in total. The second-order valence-electron chi connectivity index (χ2n) is 4.66. The number of carbonyl (C=O) groups excluding carboxylic acids is 1. The Hall–Kier alpha value is -1.58. The first-order chi connectivity index (χ1) is 9.61. The van der Waals surface area contributed by atoms with Gasteiger partial charge in [0.05, 0.1) is 30.9 Å². The molecule has 0 unspecified atom stereocenters. The van der Waals surface area contributed by atoms with E-state index >= 15 is 0 Å². The molecule has 1 aromatic carbocycles. The van der Waals surface area contributed by atoms with Crippen LogP contribution in [0, 0.1) is 16.7 Å². The quantitative estimate of drug-likeness (QED) is 0.886. The van der Waals surface area contributed by atoms with Gasteiger partial charge in [0.1, 0.15) is 5.75 Å². The summed E-state index contributed by atoms with van der Waals surface area (Å²) in [5.41, 5.74) is 0.0920. The lowest BCUT2D eigenvalue weighted by Gasteiger charge is -2.33. The largest absolute Gasteiger partial charge is 0.496 e. The van der Waals surface area contributed by atoms with Gasteiger partial charge in [0, 0.05) is 6.54 Å². The van der Waals surface area contributed by atoms with Gasteiger partial charge in [0.15, 0.2) is 5.41 Å². The summed E-state index contributed by atoms with van der Waals surface area (Å²) >= 11 is 3.42. The predicted molar refractivity (Wildman–Crippen MR) is 76.3 cm³/mol. The topological polar surface area (TPSA) is 71.3 Å². The molecular formula is C14H15BrN2O3. The zero-order valence-electron chi connectivity index (χ0n) is 11.1. The van der Waals surface area contributed by atoms with Gasteiger partial charge in [-0.3, -0.25) is 4.79 Å². The first kappa shape index (κ1) is 14.8. The van der Waals surface area contributed by atoms with Crippen molar-refractivity contribution in [2.45, 2.75) is 6.42 Å². The maximum atomic E-state index is 11.9. The van der Waals surface area contributed by atoms with Crippen LogP contribution in [0.25, 0.3) is 0 Å². The average Bonchev–Trinajstić information content (AvgIpc) is 2.38. The van der Waals surface area contributed by atoms with Crippen LogP contribution < -0.4 is 10.1 Å². The Kier molecular flexibility index (Phi) is 4.63. The van der Waals surface area contributed by atoms with E-state index in [2.05, 4.69) is 21.2 Å². The Morgan fingerprint density at radius 3 is 2.85 bits per heavy atom. The summed E-state index contributed by atoms with van der Waals surface area (Å²) in [4.78, 5) is 11.9. The summed E-state index contributed by atoms with van der Waals surface area (Å²) in [7, 11) is 1.61. The summed E-state index contributed by atoms with van der Waals surface area (Å²) in [6.45, 7) is 0.855. The molecule has 6 heteroatoms. The van der Waals surface area contributed by atoms with Crippen molar-refractivity contribution in [2.75, 3.05) is 26.9 Å². The smallest absolute Gasteiger partial charge is 0.245 e. The number of nitrogens with zero attached hydrogens (tertiary/aromatic N) is 1. The number of hydrogen-bond acceptors (Lipinski definition) is 4. The van der Waals surface area contributed by atoms with Gasteiger partial charge in [-0.15, -0.1) is 0 Å². The van der Waals surface area contributed by atoms with E-state index in [1.807, 2.05) is 24.3 Å². The molecule has 1 aromatic rings. The van der Waals surface area contributed by atoms with Crippen LogP contribution in [-0.4, -0.2) is 32.8 Å². The van der Waals surface area contributed by atoms with Gasteiger partial charge in [0.2, 0.25) is 5.91 Å². The molecule has 0 bridgehead atoms. The van der Waals surface area contributed by atoms with E-state index in [9.17, 15) is 4.79 Å². The summed E-state index contributed by atoms with van der Waals surface area (Å²) < 4.78 is 11.0. The number of hydrogen-bond donors (Lipinski definition) is 1. The molecule has 1 fully saturated rings. The highest BCUT2D eigenvalue weighted by atomic mass is 79.9. The van der Waals surface area contributed by atoms with Gasteiger partial charge in [-0.2, -0.15) is 5.26 Å². The molecule has 0 saturated carbocycles. The number of halogens is 1. The standard InChI is InChI=1S/C14H15BrN2O3/c1-19-12-3-2-10(6-11(12)15)4-5-17-13(18)14(7-16)8-20-9-14/h2-3,6H,4-5,8-9H2,1H3,(H,17,18). The van der Waals surface area contributed by atoms with E-state index in [-0.39, 0.29) is 19.1 Å². The minimum absolute atomic E-state index is 0.184. The van der Waals surface area contributed by atoms with E-state index in [0.29, 0.717) is 13.0 Å². The van der Waals surface area contributed by atoms with Crippen LogP contribution in [0.1, 0.15) is 5.56 Å². The van der Waals surface area contributed by atoms with Crippen LogP contribution in [0.15, 0.2) is 22.7 Å². The molecule has 1 heterocycles. The number of methoxy groups -OCH3 is 1. The van der Waals surface area contributed by atoms with Crippen LogP contribution in [0.4, 0.5) is 0 Å². The third-order valence-corrected chi connectivity index (χ3v) is 3.88. The second-order valence-corrected chi connectivity index (χ2v) is 5.52. The molecule has 106 valence electrons. The molecule has 2 rings (SSSR count). The summed E-state index contributed by atoms with van der Waals surface area (Å²) in [6.07, 6.45) is 0.691. The molecule has 0 spiro atoms. The van der Waals surface area contributed by atoms with Crippen molar-refractivity contribution < 1.29 is 14.3 Å². The normalized spacial score (nSPS) is 15.8. The third-order valence-electron chi connectivity index (χ3n) is 3.26. The van der Waals surface area contributed by atoms with Gasteiger partial charge < -0.3 is 14.8 Å². The van der Waals surface area contributed by atoms with Crippen molar-refractivity contribution in [3.63, 3.8) is 0 Å². The van der Waals surface area contributed by atoms with Crippen LogP contribution in [0.5, 0.6) is 5.75 Å².